The van der Waals surface area contributed by atoms with Crippen molar-refractivity contribution in [3.05, 3.63) is 57.8 Å². The molecule has 31 heavy (non-hydrogen) atoms. The van der Waals surface area contributed by atoms with Crippen LogP contribution in [0.25, 0.3) is 23.1 Å². The second-order valence-electron chi connectivity index (χ2n) is 7.30. The van der Waals surface area contributed by atoms with Crippen molar-refractivity contribution in [3.8, 4) is 0 Å². The van der Waals surface area contributed by atoms with E-state index in [1.165, 1.54) is 37.1 Å². The molecular formula is C22H26FN5O3. The van der Waals surface area contributed by atoms with E-state index in [0.29, 0.717) is 34.9 Å². The summed E-state index contributed by atoms with van der Waals surface area (Å²) in [4.78, 5) is 21.4. The van der Waals surface area contributed by atoms with E-state index in [9.17, 15) is 14.5 Å². The Morgan fingerprint density at radius 2 is 2.00 bits per heavy atom. The second kappa shape index (κ2) is 10.6. The molecule has 0 unspecified atom stereocenters. The Balaban J connectivity index is 1.74. The average Bonchev–Trinajstić information content (AvgIpc) is 3.23. The van der Waals surface area contributed by atoms with Gasteiger partial charge in [-0.15, -0.1) is 0 Å². The number of furan rings is 1. The van der Waals surface area contributed by atoms with Gasteiger partial charge in [-0.1, -0.05) is 13.3 Å². The molecule has 0 fully saturated rings. The van der Waals surface area contributed by atoms with Crippen LogP contribution in [0.3, 0.4) is 0 Å². The van der Waals surface area contributed by atoms with Crippen LogP contribution in [0.2, 0.25) is 0 Å². The van der Waals surface area contributed by atoms with Gasteiger partial charge in [0.25, 0.3) is 0 Å². The summed E-state index contributed by atoms with van der Waals surface area (Å²) in [6.45, 7) is 4.88. The fourth-order valence-corrected chi connectivity index (χ4v) is 3.11. The molecule has 0 saturated heterocycles. The van der Waals surface area contributed by atoms with Crippen LogP contribution < -0.4 is 5.32 Å². The van der Waals surface area contributed by atoms with E-state index < -0.39 is 4.92 Å². The molecule has 0 atom stereocenters. The fraction of sp³-hybridized carbons (Fsp3) is 0.364. The Hall–Kier alpha value is -3.33. The van der Waals surface area contributed by atoms with Gasteiger partial charge in [-0.25, -0.2) is 14.4 Å². The molecule has 3 aromatic rings. The van der Waals surface area contributed by atoms with Crippen LogP contribution in [0.5, 0.6) is 0 Å². The summed E-state index contributed by atoms with van der Waals surface area (Å²) in [6, 6.07) is 7.15. The Morgan fingerprint density at radius 1 is 1.19 bits per heavy atom. The van der Waals surface area contributed by atoms with E-state index in [0.717, 1.165) is 19.5 Å². The van der Waals surface area contributed by atoms with Crippen LogP contribution in [0.1, 0.15) is 37.8 Å². The lowest BCUT2D eigenvalue weighted by Gasteiger charge is -2.16. The molecule has 0 saturated carbocycles. The van der Waals surface area contributed by atoms with Gasteiger partial charge >= 0.3 is 5.88 Å². The predicted molar refractivity (Wildman–Crippen MR) is 119 cm³/mol. The van der Waals surface area contributed by atoms with Crippen molar-refractivity contribution in [2.24, 2.45) is 0 Å². The molecule has 0 aliphatic heterocycles. The van der Waals surface area contributed by atoms with Crippen molar-refractivity contribution < 1.29 is 13.7 Å². The van der Waals surface area contributed by atoms with Gasteiger partial charge in [-0.05, 0) is 69.4 Å². The third-order valence-electron chi connectivity index (χ3n) is 4.77. The van der Waals surface area contributed by atoms with Crippen molar-refractivity contribution >= 4 is 34.8 Å². The molecule has 2 aromatic heterocycles. The summed E-state index contributed by atoms with van der Waals surface area (Å²) in [5, 5.41) is 14.6. The minimum absolute atomic E-state index is 0.319. The van der Waals surface area contributed by atoms with Gasteiger partial charge in [0.15, 0.2) is 5.82 Å². The zero-order valence-electron chi connectivity index (χ0n) is 17.7. The number of unbranched alkanes of at least 4 members (excludes halogenated alkanes) is 1. The number of nitrogens with one attached hydrogen (secondary N) is 1. The van der Waals surface area contributed by atoms with Crippen LogP contribution >= 0.6 is 0 Å². The van der Waals surface area contributed by atoms with Gasteiger partial charge in [0, 0.05) is 11.9 Å². The van der Waals surface area contributed by atoms with Gasteiger partial charge in [0.05, 0.1) is 11.6 Å². The summed E-state index contributed by atoms with van der Waals surface area (Å²) in [5.74, 6) is 0.566. The van der Waals surface area contributed by atoms with Crippen molar-refractivity contribution in [2.45, 2.75) is 26.2 Å². The zero-order valence-corrected chi connectivity index (χ0v) is 17.7. The molecule has 2 heterocycles. The summed E-state index contributed by atoms with van der Waals surface area (Å²) < 4.78 is 18.9. The smallest absolute Gasteiger partial charge is 0.401 e. The molecule has 9 heteroatoms. The molecule has 0 radical (unpaired) electrons. The van der Waals surface area contributed by atoms with E-state index in [1.54, 1.807) is 18.2 Å². The second-order valence-corrected chi connectivity index (χ2v) is 7.30. The molecule has 1 aromatic carbocycles. The van der Waals surface area contributed by atoms with E-state index in [2.05, 4.69) is 34.2 Å². The monoisotopic (exact) mass is 427 g/mol. The molecule has 3 rings (SSSR count). The quantitative estimate of drug-likeness (QED) is 0.262. The number of hydrogen-bond acceptors (Lipinski definition) is 7. The lowest BCUT2D eigenvalue weighted by atomic mass is 10.2. The van der Waals surface area contributed by atoms with Crippen molar-refractivity contribution in [1.29, 1.82) is 0 Å². The summed E-state index contributed by atoms with van der Waals surface area (Å²) in [5.41, 5.74) is 0.601. The third kappa shape index (κ3) is 6.32. The number of aromatic nitrogens is 2. The lowest BCUT2D eigenvalue weighted by Crippen LogP contribution is -2.22. The molecule has 0 spiro atoms. The Morgan fingerprint density at radius 3 is 2.74 bits per heavy atom. The molecule has 164 valence electrons. The molecule has 0 amide bonds. The fourth-order valence-electron chi connectivity index (χ4n) is 3.11. The summed E-state index contributed by atoms with van der Waals surface area (Å²) in [6.07, 6.45) is 6.43. The first-order valence-electron chi connectivity index (χ1n) is 10.3. The number of nitrogens with zero attached hydrogens (tertiary/aromatic N) is 4. The maximum absolute atomic E-state index is 13.8. The molecule has 0 aliphatic rings. The van der Waals surface area contributed by atoms with Crippen LogP contribution in [0.15, 0.2) is 34.7 Å². The SMILES string of the molecule is CCCCN(C)CCCNc1nc(/C=C/c2ccc([N+](=O)[O-])o2)nc2ccc(F)cc12. The number of hydrogen-bond donors (Lipinski definition) is 1. The highest BCUT2D eigenvalue weighted by atomic mass is 19.1. The van der Waals surface area contributed by atoms with Crippen LogP contribution in [0, 0.1) is 15.9 Å². The first kappa shape index (κ1) is 22.4. The van der Waals surface area contributed by atoms with Gasteiger partial charge in [0.2, 0.25) is 0 Å². The molecule has 8 nitrogen and oxygen atoms in total. The highest BCUT2D eigenvalue weighted by Crippen LogP contribution is 2.23. The van der Waals surface area contributed by atoms with Crippen LogP contribution in [0.4, 0.5) is 16.1 Å². The first-order chi connectivity index (χ1) is 15.0. The third-order valence-corrected chi connectivity index (χ3v) is 4.77. The zero-order chi connectivity index (χ0) is 22.2. The van der Waals surface area contributed by atoms with E-state index in [-0.39, 0.29) is 11.7 Å². The molecule has 0 bridgehead atoms. The number of rotatable bonds is 11. The summed E-state index contributed by atoms with van der Waals surface area (Å²) in [7, 11) is 2.10. The predicted octanol–water partition coefficient (Wildman–Crippen LogP) is 4.97. The summed E-state index contributed by atoms with van der Waals surface area (Å²) >= 11 is 0. The average molecular weight is 427 g/mol. The Labute approximate surface area is 179 Å². The largest absolute Gasteiger partial charge is 0.433 e. The Bertz CT molecular complexity index is 1070. The van der Waals surface area contributed by atoms with Crippen molar-refractivity contribution in [2.75, 3.05) is 32.0 Å². The standard InChI is InChI=1S/C22H26FN5O3/c1-3-4-13-27(2)14-5-12-24-22-18-15-16(23)6-9-19(18)25-20(26-22)10-7-17-8-11-21(31-17)28(29)30/h6-11,15H,3-5,12-14H2,1-2H3,(H,24,25,26)/b10-7+. The topological polar surface area (TPSA) is 97.3 Å². The minimum atomic E-state index is -0.597. The highest BCUT2D eigenvalue weighted by Gasteiger charge is 2.11. The maximum Gasteiger partial charge on any atom is 0.433 e. The highest BCUT2D eigenvalue weighted by molar-refractivity contribution is 5.90. The number of halogens is 1. The van der Waals surface area contributed by atoms with Gasteiger partial charge in [-0.2, -0.15) is 0 Å². The van der Waals surface area contributed by atoms with Crippen LogP contribution in [-0.2, 0) is 0 Å². The van der Waals surface area contributed by atoms with Crippen molar-refractivity contribution in [3.63, 3.8) is 0 Å². The van der Waals surface area contributed by atoms with Crippen molar-refractivity contribution in [1.82, 2.24) is 14.9 Å². The Kier molecular flexibility index (Phi) is 7.66. The molecule has 1 N–H and O–H groups in total. The number of fused-ring (bicyclic) bond motifs is 1. The maximum atomic E-state index is 13.8. The van der Waals surface area contributed by atoms with Crippen LogP contribution in [-0.4, -0.2) is 46.5 Å². The van der Waals surface area contributed by atoms with Gasteiger partial charge < -0.3 is 14.6 Å². The number of benzene rings is 1. The minimum Gasteiger partial charge on any atom is -0.401 e. The number of anilines is 1. The molecule has 0 aliphatic carbocycles. The van der Waals surface area contributed by atoms with Gasteiger partial charge in [0.1, 0.15) is 22.3 Å². The van der Waals surface area contributed by atoms with Gasteiger partial charge in [-0.3, -0.25) is 10.1 Å². The van der Waals surface area contributed by atoms with E-state index in [1.807, 2.05) is 0 Å². The number of nitro groups is 1. The van der Waals surface area contributed by atoms with E-state index >= 15 is 0 Å². The first-order valence-corrected chi connectivity index (χ1v) is 10.3. The van der Waals surface area contributed by atoms with E-state index in [4.69, 9.17) is 4.42 Å². The lowest BCUT2D eigenvalue weighted by molar-refractivity contribution is -0.402. The normalized spacial score (nSPS) is 11.6. The molecular weight excluding hydrogens is 401 g/mol.